The Bertz CT molecular complexity index is 412. The van der Waals surface area contributed by atoms with Gasteiger partial charge in [-0.1, -0.05) is 6.92 Å². The molecule has 0 aliphatic carbocycles. The van der Waals surface area contributed by atoms with Gasteiger partial charge in [0.05, 0.1) is 5.69 Å². The van der Waals surface area contributed by atoms with Gasteiger partial charge in [0.1, 0.15) is 10.4 Å². The molecule has 0 aromatic carbocycles. The fourth-order valence-corrected chi connectivity index (χ4v) is 2.13. The predicted octanol–water partition coefficient (Wildman–Crippen LogP) is 1.54. The fourth-order valence-electron chi connectivity index (χ4n) is 1.27. The van der Waals surface area contributed by atoms with E-state index in [1.807, 2.05) is 20.8 Å². The zero-order valence-electron chi connectivity index (χ0n) is 9.40. The first-order chi connectivity index (χ1) is 7.47. The van der Waals surface area contributed by atoms with Crippen LogP contribution in [0.25, 0.3) is 0 Å². The summed E-state index contributed by atoms with van der Waals surface area (Å²) in [4.78, 5) is 22.9. The van der Waals surface area contributed by atoms with Crippen molar-refractivity contribution in [2.75, 3.05) is 0 Å². The van der Waals surface area contributed by atoms with E-state index in [0.717, 1.165) is 11.5 Å². The molecule has 6 heteroatoms. The Hall–Kier alpha value is -1.43. The lowest BCUT2D eigenvalue weighted by atomic mass is 10.1. The van der Waals surface area contributed by atoms with E-state index in [1.165, 1.54) is 0 Å². The third-order valence-corrected chi connectivity index (χ3v) is 2.82. The van der Waals surface area contributed by atoms with Crippen molar-refractivity contribution < 1.29 is 14.7 Å². The largest absolute Gasteiger partial charge is 0.478 e. The number of nitrogens with zero attached hydrogens (tertiary/aromatic N) is 1. The van der Waals surface area contributed by atoms with Crippen LogP contribution in [0.2, 0.25) is 0 Å². The molecule has 16 heavy (non-hydrogen) atoms. The average molecular weight is 242 g/mol. The van der Waals surface area contributed by atoms with E-state index in [2.05, 4.69) is 9.69 Å². The summed E-state index contributed by atoms with van der Waals surface area (Å²) < 4.78 is 3.98. The topological polar surface area (TPSA) is 79.3 Å². The molecule has 0 aliphatic rings. The van der Waals surface area contributed by atoms with Crippen molar-refractivity contribution in [3.05, 3.63) is 16.1 Å². The molecular formula is C10H14N2O3S. The van der Waals surface area contributed by atoms with Gasteiger partial charge in [-0.25, -0.2) is 4.79 Å². The number of aryl methyl sites for hydroxylation is 1. The van der Waals surface area contributed by atoms with Crippen molar-refractivity contribution in [1.82, 2.24) is 9.69 Å². The Labute approximate surface area is 97.7 Å². The van der Waals surface area contributed by atoms with E-state index in [4.69, 9.17) is 5.11 Å². The SMILES string of the molecule is CCc1nsc(C(=O)NC(C)C)c1C(=O)O. The molecule has 0 atom stereocenters. The first-order valence-electron chi connectivity index (χ1n) is 5.00. The quantitative estimate of drug-likeness (QED) is 0.839. The Balaban J connectivity index is 3.09. The maximum atomic E-state index is 11.7. The average Bonchev–Trinajstić information content (AvgIpc) is 2.59. The van der Waals surface area contributed by atoms with Crippen LogP contribution in [0.1, 0.15) is 46.5 Å². The van der Waals surface area contributed by atoms with Gasteiger partial charge in [0, 0.05) is 6.04 Å². The molecule has 1 aromatic rings. The van der Waals surface area contributed by atoms with E-state index in [9.17, 15) is 9.59 Å². The number of aromatic carboxylic acids is 1. The minimum atomic E-state index is -1.10. The Kier molecular flexibility index (Phi) is 4.00. The minimum Gasteiger partial charge on any atom is -0.478 e. The Morgan fingerprint density at radius 1 is 1.50 bits per heavy atom. The van der Waals surface area contributed by atoms with E-state index in [1.54, 1.807) is 0 Å². The van der Waals surface area contributed by atoms with Crippen molar-refractivity contribution in [2.45, 2.75) is 33.2 Å². The molecule has 2 N–H and O–H groups in total. The number of rotatable bonds is 4. The number of carboxylic acid groups (broad SMARTS) is 1. The smallest absolute Gasteiger partial charge is 0.339 e. The normalized spacial score (nSPS) is 10.5. The molecule has 0 aliphatic heterocycles. The number of hydrogen-bond donors (Lipinski definition) is 2. The van der Waals surface area contributed by atoms with Gasteiger partial charge in [-0.3, -0.25) is 4.79 Å². The standard InChI is InChI=1S/C10H14N2O3S/c1-4-6-7(10(14)15)8(16-12-6)9(13)11-5(2)3/h5H,4H2,1-3H3,(H,11,13)(H,14,15). The lowest BCUT2D eigenvalue weighted by Crippen LogP contribution is -2.30. The highest BCUT2D eigenvalue weighted by Crippen LogP contribution is 2.19. The number of hydrogen-bond acceptors (Lipinski definition) is 4. The van der Waals surface area contributed by atoms with Gasteiger partial charge in [-0.05, 0) is 31.8 Å². The van der Waals surface area contributed by atoms with E-state index < -0.39 is 5.97 Å². The van der Waals surface area contributed by atoms with Gasteiger partial charge >= 0.3 is 5.97 Å². The number of carbonyl (C=O) groups is 2. The maximum absolute atomic E-state index is 11.7. The third kappa shape index (κ3) is 2.57. The molecule has 1 aromatic heterocycles. The third-order valence-electron chi connectivity index (χ3n) is 1.94. The highest BCUT2D eigenvalue weighted by Gasteiger charge is 2.24. The van der Waals surface area contributed by atoms with E-state index in [-0.39, 0.29) is 22.4 Å². The molecule has 0 fully saturated rings. The summed E-state index contributed by atoms with van der Waals surface area (Å²) in [6.45, 7) is 5.45. The summed E-state index contributed by atoms with van der Waals surface area (Å²) in [6.07, 6.45) is 0.507. The van der Waals surface area contributed by atoms with Crippen molar-refractivity contribution in [3.63, 3.8) is 0 Å². The summed E-state index contributed by atoms with van der Waals surface area (Å²) in [7, 11) is 0. The van der Waals surface area contributed by atoms with Crippen LogP contribution in [0.4, 0.5) is 0 Å². The minimum absolute atomic E-state index is 0.0266. The Morgan fingerprint density at radius 2 is 2.12 bits per heavy atom. The Morgan fingerprint density at radius 3 is 2.56 bits per heavy atom. The fraction of sp³-hybridized carbons (Fsp3) is 0.500. The summed E-state index contributed by atoms with van der Waals surface area (Å²) in [5.41, 5.74) is 0.497. The zero-order valence-corrected chi connectivity index (χ0v) is 10.2. The molecule has 0 unspecified atom stereocenters. The zero-order chi connectivity index (χ0) is 12.3. The second-order valence-electron chi connectivity index (χ2n) is 3.62. The molecule has 0 saturated carbocycles. The number of carbonyl (C=O) groups excluding carboxylic acids is 1. The summed E-state index contributed by atoms with van der Waals surface area (Å²) in [6, 6.07) is -0.0266. The first-order valence-corrected chi connectivity index (χ1v) is 5.77. The van der Waals surface area contributed by atoms with Gasteiger partial charge in [0.15, 0.2) is 0 Å². The van der Waals surface area contributed by atoms with Gasteiger partial charge < -0.3 is 10.4 Å². The van der Waals surface area contributed by atoms with Crippen molar-refractivity contribution >= 4 is 23.4 Å². The molecule has 0 spiro atoms. The summed E-state index contributed by atoms with van der Waals surface area (Å²) in [5, 5.41) is 11.7. The van der Waals surface area contributed by atoms with Crippen LogP contribution in [0.3, 0.4) is 0 Å². The number of nitrogens with one attached hydrogen (secondary N) is 1. The molecular weight excluding hydrogens is 228 g/mol. The number of amides is 1. The van der Waals surface area contributed by atoms with Crippen LogP contribution in [0.5, 0.6) is 0 Å². The highest BCUT2D eigenvalue weighted by atomic mass is 32.1. The lowest BCUT2D eigenvalue weighted by molar-refractivity contribution is 0.0690. The molecule has 1 heterocycles. The molecule has 88 valence electrons. The van der Waals surface area contributed by atoms with E-state index >= 15 is 0 Å². The summed E-state index contributed by atoms with van der Waals surface area (Å²) in [5.74, 6) is -1.47. The molecule has 0 bridgehead atoms. The van der Waals surface area contributed by atoms with Crippen LogP contribution < -0.4 is 5.32 Å². The van der Waals surface area contributed by atoms with Crippen molar-refractivity contribution in [1.29, 1.82) is 0 Å². The van der Waals surface area contributed by atoms with Gasteiger partial charge in [0.2, 0.25) is 0 Å². The molecule has 1 rings (SSSR count). The van der Waals surface area contributed by atoms with Gasteiger partial charge in [-0.15, -0.1) is 0 Å². The second-order valence-corrected chi connectivity index (χ2v) is 4.39. The van der Waals surface area contributed by atoms with Crippen molar-refractivity contribution in [2.24, 2.45) is 0 Å². The van der Waals surface area contributed by atoms with Gasteiger partial charge in [-0.2, -0.15) is 4.37 Å². The maximum Gasteiger partial charge on any atom is 0.339 e. The second kappa shape index (κ2) is 5.07. The van der Waals surface area contributed by atoms with Crippen LogP contribution >= 0.6 is 11.5 Å². The predicted molar refractivity (Wildman–Crippen MR) is 61.1 cm³/mol. The van der Waals surface area contributed by atoms with Crippen LogP contribution in [-0.4, -0.2) is 27.4 Å². The summed E-state index contributed by atoms with van der Waals surface area (Å²) >= 11 is 0.936. The highest BCUT2D eigenvalue weighted by molar-refractivity contribution is 7.08. The van der Waals surface area contributed by atoms with Crippen LogP contribution in [-0.2, 0) is 6.42 Å². The molecule has 1 amide bonds. The van der Waals surface area contributed by atoms with Crippen LogP contribution in [0, 0.1) is 0 Å². The molecule has 0 radical (unpaired) electrons. The first kappa shape index (κ1) is 12.6. The number of carboxylic acids is 1. The monoisotopic (exact) mass is 242 g/mol. The van der Waals surface area contributed by atoms with Crippen molar-refractivity contribution in [3.8, 4) is 0 Å². The molecule has 5 nitrogen and oxygen atoms in total. The van der Waals surface area contributed by atoms with E-state index in [0.29, 0.717) is 12.1 Å². The van der Waals surface area contributed by atoms with Gasteiger partial charge in [0.25, 0.3) is 5.91 Å². The molecule has 0 saturated heterocycles. The van der Waals surface area contributed by atoms with Crippen LogP contribution in [0.15, 0.2) is 0 Å². The number of aromatic nitrogens is 1. The lowest BCUT2D eigenvalue weighted by Gasteiger charge is -2.06.